The van der Waals surface area contributed by atoms with E-state index in [2.05, 4.69) is 0 Å². The zero-order valence-electron chi connectivity index (χ0n) is 11.3. The molecule has 0 aliphatic heterocycles. The smallest absolute Gasteiger partial charge is 0.548 e. The third kappa shape index (κ3) is 6.68. The van der Waals surface area contributed by atoms with Crippen LogP contribution in [-0.4, -0.2) is 5.97 Å². The first-order chi connectivity index (χ1) is 7.34. The third-order valence-electron chi connectivity index (χ3n) is 2.32. The number of hydrogen-bond donors (Lipinski definition) is 0. The summed E-state index contributed by atoms with van der Waals surface area (Å²) in [4.78, 5) is 11.1. The number of rotatable bonds is 5. The number of nitrogens with zero attached hydrogens (tertiary/aromatic N) is 1. The summed E-state index contributed by atoms with van der Waals surface area (Å²) in [7, 11) is 0. The number of aliphatic carboxylic acids is 1. The zero-order valence-corrected chi connectivity index (χ0v) is 13.3. The monoisotopic (exact) mass is 243 g/mol. The van der Waals surface area contributed by atoms with Crippen molar-refractivity contribution in [2.75, 3.05) is 0 Å². The van der Waals surface area contributed by atoms with Gasteiger partial charge in [-0.15, -0.1) is 0 Å². The van der Waals surface area contributed by atoms with E-state index >= 15 is 0 Å². The predicted octanol–water partition coefficient (Wildman–Crippen LogP) is -1.04. The van der Waals surface area contributed by atoms with Gasteiger partial charge in [0.15, 0.2) is 0 Å². The summed E-state index contributed by atoms with van der Waals surface area (Å²) in [6.07, 6.45) is 3.91. The number of carboxylic acids is 1. The number of carbonyl (C=O) groups is 1. The molecule has 0 heterocycles. The molecule has 0 radical (unpaired) electrons. The minimum absolute atomic E-state index is 0. The quantitative estimate of drug-likeness (QED) is 0.458. The summed E-state index contributed by atoms with van der Waals surface area (Å²) in [5, 5.41) is 20.1. The van der Waals surface area contributed by atoms with Gasteiger partial charge in [0.2, 0.25) is 0 Å². The van der Waals surface area contributed by atoms with Crippen molar-refractivity contribution in [1.29, 1.82) is 5.26 Å². The number of allylic oxidation sites excluding steroid dienone is 4. The zero-order chi connectivity index (χ0) is 12.8. The maximum atomic E-state index is 11.1. The van der Waals surface area contributed by atoms with Crippen LogP contribution in [0.5, 0.6) is 0 Å². The molecule has 0 aromatic rings. The SMILES string of the molecule is CC(C)=CCC(C#N)(CC=C(C)C)C(=O)[O-].[Na+]. The average molecular weight is 243 g/mol. The van der Waals surface area contributed by atoms with E-state index in [9.17, 15) is 9.90 Å². The van der Waals surface area contributed by atoms with Gasteiger partial charge >= 0.3 is 29.6 Å². The first kappa shape index (κ1) is 18.8. The Morgan fingerprint density at radius 3 is 1.71 bits per heavy atom. The van der Waals surface area contributed by atoms with Crippen LogP contribution in [0.15, 0.2) is 23.3 Å². The Labute approximate surface area is 126 Å². The van der Waals surface area contributed by atoms with Crippen LogP contribution in [0.2, 0.25) is 0 Å². The Morgan fingerprint density at radius 2 is 1.53 bits per heavy atom. The third-order valence-corrected chi connectivity index (χ3v) is 2.32. The molecule has 0 N–H and O–H groups in total. The second-order valence-electron chi connectivity index (χ2n) is 4.45. The summed E-state index contributed by atoms with van der Waals surface area (Å²) < 4.78 is 0. The molecule has 0 rings (SSSR count). The Morgan fingerprint density at radius 1 is 1.18 bits per heavy atom. The molecule has 0 atom stereocenters. The van der Waals surface area contributed by atoms with E-state index in [0.29, 0.717) is 0 Å². The van der Waals surface area contributed by atoms with E-state index in [-0.39, 0.29) is 42.4 Å². The van der Waals surface area contributed by atoms with Gasteiger partial charge in [0.25, 0.3) is 0 Å². The molecule has 0 aromatic carbocycles. The van der Waals surface area contributed by atoms with Crippen LogP contribution in [-0.2, 0) is 4.79 Å². The summed E-state index contributed by atoms with van der Waals surface area (Å²) in [6.45, 7) is 7.49. The Balaban J connectivity index is 0. The maximum Gasteiger partial charge on any atom is 1.00 e. The van der Waals surface area contributed by atoms with Crippen LogP contribution in [0.25, 0.3) is 0 Å². The van der Waals surface area contributed by atoms with E-state index in [1.165, 1.54) is 0 Å². The molecule has 0 aromatic heterocycles. The minimum Gasteiger partial charge on any atom is -0.548 e. The molecule has 0 bridgehead atoms. The Bertz CT molecular complexity index is 336. The molecular weight excluding hydrogens is 225 g/mol. The van der Waals surface area contributed by atoms with E-state index < -0.39 is 11.4 Å². The van der Waals surface area contributed by atoms with Gasteiger partial charge < -0.3 is 9.90 Å². The summed E-state index contributed by atoms with van der Waals surface area (Å²) in [6, 6.07) is 1.87. The van der Waals surface area contributed by atoms with Crippen molar-refractivity contribution in [2.45, 2.75) is 40.5 Å². The number of carbonyl (C=O) groups excluding carboxylic acids is 1. The summed E-state index contributed by atoms with van der Waals surface area (Å²) in [5.74, 6) is -1.30. The van der Waals surface area contributed by atoms with Crippen molar-refractivity contribution in [3.63, 3.8) is 0 Å². The molecule has 0 amide bonds. The van der Waals surface area contributed by atoms with Crippen molar-refractivity contribution < 1.29 is 39.5 Å². The van der Waals surface area contributed by atoms with Crippen molar-refractivity contribution in [3.05, 3.63) is 23.3 Å². The number of hydrogen-bond acceptors (Lipinski definition) is 3. The van der Waals surface area contributed by atoms with Gasteiger partial charge in [0.1, 0.15) is 5.41 Å². The van der Waals surface area contributed by atoms with Crippen molar-refractivity contribution in [2.24, 2.45) is 5.41 Å². The Hall–Kier alpha value is -0.560. The molecule has 3 nitrogen and oxygen atoms in total. The van der Waals surface area contributed by atoms with Gasteiger partial charge in [-0.2, -0.15) is 5.26 Å². The standard InChI is InChI=1S/C13H19NO2.Na/c1-10(2)5-7-13(9-14,12(15)16)8-6-11(3)4;/h5-6H,7-8H2,1-4H3,(H,15,16);/q;+1/p-1. The van der Waals surface area contributed by atoms with Crippen LogP contribution >= 0.6 is 0 Å². The van der Waals surface area contributed by atoms with Crippen LogP contribution in [0.1, 0.15) is 40.5 Å². The van der Waals surface area contributed by atoms with Gasteiger partial charge in [0, 0.05) is 0 Å². The van der Waals surface area contributed by atoms with Gasteiger partial charge in [0.05, 0.1) is 12.0 Å². The first-order valence-electron chi connectivity index (χ1n) is 5.23. The molecule has 0 aliphatic rings. The maximum absolute atomic E-state index is 11.1. The molecule has 0 saturated heterocycles. The van der Waals surface area contributed by atoms with Crippen LogP contribution in [0.3, 0.4) is 0 Å². The van der Waals surface area contributed by atoms with Gasteiger partial charge in [-0.25, -0.2) is 0 Å². The topological polar surface area (TPSA) is 63.9 Å². The molecule has 88 valence electrons. The fourth-order valence-corrected chi connectivity index (χ4v) is 1.14. The van der Waals surface area contributed by atoms with E-state index in [4.69, 9.17) is 5.26 Å². The molecule has 0 aliphatic carbocycles. The molecule has 0 spiro atoms. The summed E-state index contributed by atoms with van der Waals surface area (Å²) >= 11 is 0. The van der Waals surface area contributed by atoms with E-state index in [0.717, 1.165) is 11.1 Å². The second-order valence-corrected chi connectivity index (χ2v) is 4.45. The van der Waals surface area contributed by atoms with Gasteiger partial charge in [-0.3, -0.25) is 0 Å². The van der Waals surface area contributed by atoms with Crippen molar-refractivity contribution in [1.82, 2.24) is 0 Å². The fraction of sp³-hybridized carbons (Fsp3) is 0.538. The molecule has 0 saturated carbocycles. The van der Waals surface area contributed by atoms with Crippen LogP contribution in [0, 0.1) is 16.7 Å². The molecule has 0 fully saturated rings. The number of carboxylic acid groups (broad SMARTS) is 1. The largest absolute Gasteiger partial charge is 1.00 e. The molecule has 0 unspecified atom stereocenters. The Kier molecular flexibility index (Phi) is 9.42. The second kappa shape index (κ2) is 8.52. The van der Waals surface area contributed by atoms with Crippen LogP contribution < -0.4 is 34.7 Å². The molecule has 17 heavy (non-hydrogen) atoms. The van der Waals surface area contributed by atoms with Crippen LogP contribution in [0.4, 0.5) is 0 Å². The van der Waals surface area contributed by atoms with Gasteiger partial charge in [-0.05, 0) is 40.5 Å². The molecule has 4 heteroatoms. The fourth-order valence-electron chi connectivity index (χ4n) is 1.14. The van der Waals surface area contributed by atoms with Crippen molar-refractivity contribution in [3.8, 4) is 6.07 Å². The minimum atomic E-state index is -1.44. The van der Waals surface area contributed by atoms with E-state index in [1.807, 2.05) is 33.8 Å². The first-order valence-corrected chi connectivity index (χ1v) is 5.23. The van der Waals surface area contributed by atoms with Crippen molar-refractivity contribution >= 4 is 5.97 Å². The average Bonchev–Trinajstić information content (AvgIpc) is 2.17. The predicted molar refractivity (Wildman–Crippen MR) is 61.1 cm³/mol. The normalized spacial score (nSPS) is 9.59. The summed E-state index contributed by atoms with van der Waals surface area (Å²) in [5.41, 5.74) is 0.560. The van der Waals surface area contributed by atoms with E-state index in [1.54, 1.807) is 12.2 Å². The molecular formula is C13H18NNaO2. The number of nitriles is 1. The van der Waals surface area contributed by atoms with Gasteiger partial charge in [-0.1, -0.05) is 23.3 Å².